The molecule has 0 saturated carbocycles. The largest absolute Gasteiger partial charge is 0.465 e. The fourth-order valence-corrected chi connectivity index (χ4v) is 4.92. The summed E-state index contributed by atoms with van der Waals surface area (Å²) in [6, 6.07) is 3.50. The van der Waals surface area contributed by atoms with Gasteiger partial charge in [0.15, 0.2) is 5.82 Å². The van der Waals surface area contributed by atoms with E-state index in [9.17, 15) is 9.18 Å². The fourth-order valence-electron chi connectivity index (χ4n) is 3.63. The number of hydrogen-bond donors (Lipinski definition) is 4. The van der Waals surface area contributed by atoms with Crippen molar-refractivity contribution in [3.63, 3.8) is 0 Å². The minimum atomic E-state index is -1.11. The van der Waals surface area contributed by atoms with Crippen LogP contribution in [0.25, 0.3) is 0 Å². The Labute approximate surface area is 158 Å². The number of aromatic nitrogens is 3. The first kappa shape index (κ1) is 17.7. The number of halogens is 1. The smallest absolute Gasteiger partial charge is 0.406 e. The summed E-state index contributed by atoms with van der Waals surface area (Å²) in [6.07, 6.45) is 2.79. The molecule has 0 radical (unpaired) electrons. The minimum Gasteiger partial charge on any atom is -0.465 e. The lowest BCUT2D eigenvalue weighted by Gasteiger charge is -2.42. The van der Waals surface area contributed by atoms with Crippen molar-refractivity contribution in [2.45, 2.75) is 11.0 Å². The number of carbonyl (C=O) groups is 1. The molecule has 3 atom stereocenters. The van der Waals surface area contributed by atoms with Crippen LogP contribution >= 0.6 is 11.8 Å². The highest BCUT2D eigenvalue weighted by Crippen LogP contribution is 2.43. The summed E-state index contributed by atoms with van der Waals surface area (Å²) in [5, 5.41) is 15.0. The van der Waals surface area contributed by atoms with Crippen LogP contribution in [0.2, 0.25) is 0 Å². The van der Waals surface area contributed by atoms with Gasteiger partial charge in [-0.15, -0.1) is 11.8 Å². The number of pyridine rings is 1. The van der Waals surface area contributed by atoms with E-state index in [1.54, 1.807) is 18.3 Å². The number of nitrogens with two attached hydrogens (primary N) is 1. The van der Waals surface area contributed by atoms with E-state index >= 15 is 0 Å². The Balaban J connectivity index is 1.70. The summed E-state index contributed by atoms with van der Waals surface area (Å²) in [4.78, 5) is 25.7. The van der Waals surface area contributed by atoms with E-state index in [1.165, 1.54) is 11.8 Å². The minimum absolute atomic E-state index is 0.109. The van der Waals surface area contributed by atoms with Crippen LogP contribution < -0.4 is 21.3 Å². The van der Waals surface area contributed by atoms with Crippen LogP contribution in [0.5, 0.6) is 0 Å². The van der Waals surface area contributed by atoms with Gasteiger partial charge in [0.2, 0.25) is 5.95 Å². The summed E-state index contributed by atoms with van der Waals surface area (Å²) in [5.74, 6) is 0.731. The van der Waals surface area contributed by atoms with Crippen molar-refractivity contribution in [2.24, 2.45) is 5.92 Å². The maximum Gasteiger partial charge on any atom is 0.406 e. The summed E-state index contributed by atoms with van der Waals surface area (Å²) < 4.78 is 13.2. The molecule has 2 aromatic heterocycles. The van der Waals surface area contributed by atoms with Gasteiger partial charge in [0.25, 0.3) is 0 Å². The standard InChI is InChI=1S/C16H18FN7O2S/c17-10-4-20-13(21-5-10)24-6-9-7-27-14(22-15(25)26)23-16(9,8-24)12-3-11(18)1-2-19-12/h1-5,9,14,22-23H,6-8H2,(H2,18,19)(H,25,26). The van der Waals surface area contributed by atoms with Gasteiger partial charge < -0.3 is 15.7 Å². The average molecular weight is 391 g/mol. The number of amides is 1. The molecule has 142 valence electrons. The Bertz CT molecular complexity index is 855. The quantitative estimate of drug-likeness (QED) is 0.601. The average Bonchev–Trinajstić information content (AvgIpc) is 3.02. The van der Waals surface area contributed by atoms with Crippen molar-refractivity contribution < 1.29 is 14.3 Å². The molecule has 2 aliphatic rings. The predicted octanol–water partition coefficient (Wildman–Crippen LogP) is 0.812. The second kappa shape index (κ2) is 6.82. The zero-order valence-electron chi connectivity index (χ0n) is 14.2. The number of thioether (sulfide) groups is 1. The lowest BCUT2D eigenvalue weighted by atomic mass is 9.84. The summed E-state index contributed by atoms with van der Waals surface area (Å²) in [7, 11) is 0. The van der Waals surface area contributed by atoms with Gasteiger partial charge in [-0.2, -0.15) is 0 Å². The molecule has 0 bridgehead atoms. The maximum absolute atomic E-state index is 13.2. The first-order valence-corrected chi connectivity index (χ1v) is 9.34. The highest BCUT2D eigenvalue weighted by atomic mass is 32.2. The highest BCUT2D eigenvalue weighted by molar-refractivity contribution is 7.99. The molecule has 0 aromatic carbocycles. The molecule has 2 aliphatic heterocycles. The number of carboxylic acid groups (broad SMARTS) is 1. The second-order valence-corrected chi connectivity index (χ2v) is 7.67. The summed E-state index contributed by atoms with van der Waals surface area (Å²) in [6.45, 7) is 1.08. The zero-order valence-corrected chi connectivity index (χ0v) is 15.0. The van der Waals surface area contributed by atoms with Crippen molar-refractivity contribution in [3.8, 4) is 0 Å². The van der Waals surface area contributed by atoms with Crippen molar-refractivity contribution >= 4 is 29.5 Å². The Kier molecular flexibility index (Phi) is 4.48. The van der Waals surface area contributed by atoms with Crippen LogP contribution in [0.3, 0.4) is 0 Å². The van der Waals surface area contributed by atoms with Crippen LogP contribution in [0, 0.1) is 11.7 Å². The van der Waals surface area contributed by atoms with Crippen molar-refractivity contribution in [3.05, 3.63) is 42.2 Å². The van der Waals surface area contributed by atoms with Crippen LogP contribution in [0.4, 0.5) is 20.8 Å². The van der Waals surface area contributed by atoms with Gasteiger partial charge in [0, 0.05) is 36.6 Å². The van der Waals surface area contributed by atoms with Gasteiger partial charge in [-0.3, -0.25) is 15.6 Å². The summed E-state index contributed by atoms with van der Waals surface area (Å²) >= 11 is 1.48. The molecule has 0 spiro atoms. The molecular formula is C16H18FN7O2S. The number of hydrogen-bond acceptors (Lipinski definition) is 8. The van der Waals surface area contributed by atoms with Gasteiger partial charge in [0.1, 0.15) is 5.50 Å². The SMILES string of the molecule is Nc1ccnc(C23CN(c4ncc(F)cn4)CC2CSC(NC(=O)O)N3)c1. The molecule has 11 heteroatoms. The van der Waals surface area contributed by atoms with E-state index < -0.39 is 22.9 Å². The fraction of sp³-hybridized carbons (Fsp3) is 0.375. The van der Waals surface area contributed by atoms with Crippen molar-refractivity contribution in [1.29, 1.82) is 0 Å². The Morgan fingerprint density at radius 1 is 1.44 bits per heavy atom. The molecule has 2 saturated heterocycles. The normalized spacial score (nSPS) is 27.2. The highest BCUT2D eigenvalue weighted by Gasteiger charge is 2.53. The van der Waals surface area contributed by atoms with E-state index in [4.69, 9.17) is 10.8 Å². The first-order valence-electron chi connectivity index (χ1n) is 8.29. The molecule has 0 aliphatic carbocycles. The van der Waals surface area contributed by atoms with E-state index in [-0.39, 0.29) is 5.92 Å². The molecule has 2 aromatic rings. The third-order valence-electron chi connectivity index (χ3n) is 4.82. The Hall–Kier alpha value is -2.66. The first-order chi connectivity index (χ1) is 13.0. The van der Waals surface area contributed by atoms with Crippen LogP contribution in [0.1, 0.15) is 5.69 Å². The molecule has 4 heterocycles. The number of rotatable bonds is 3. The van der Waals surface area contributed by atoms with Crippen molar-refractivity contribution in [2.75, 3.05) is 29.5 Å². The zero-order chi connectivity index (χ0) is 19.0. The van der Waals surface area contributed by atoms with Gasteiger partial charge in [-0.05, 0) is 12.1 Å². The van der Waals surface area contributed by atoms with E-state index in [2.05, 4.69) is 25.6 Å². The number of fused-ring (bicyclic) bond motifs is 1. The second-order valence-electron chi connectivity index (χ2n) is 6.53. The topological polar surface area (TPSA) is 129 Å². The van der Waals surface area contributed by atoms with Gasteiger partial charge in [-0.25, -0.2) is 19.2 Å². The molecule has 27 heavy (non-hydrogen) atoms. The molecule has 5 N–H and O–H groups in total. The number of anilines is 2. The molecular weight excluding hydrogens is 373 g/mol. The van der Waals surface area contributed by atoms with Gasteiger partial charge in [0.05, 0.1) is 23.6 Å². The van der Waals surface area contributed by atoms with Crippen LogP contribution in [-0.4, -0.2) is 50.5 Å². The van der Waals surface area contributed by atoms with Gasteiger partial charge >= 0.3 is 6.09 Å². The number of nitrogens with one attached hydrogen (secondary N) is 2. The van der Waals surface area contributed by atoms with Gasteiger partial charge in [-0.1, -0.05) is 0 Å². The monoisotopic (exact) mass is 391 g/mol. The number of nitrogens with zero attached hydrogens (tertiary/aromatic N) is 4. The van der Waals surface area contributed by atoms with E-state index in [0.717, 1.165) is 18.1 Å². The van der Waals surface area contributed by atoms with E-state index in [1.807, 2.05) is 4.90 Å². The van der Waals surface area contributed by atoms with Crippen LogP contribution in [0.15, 0.2) is 30.7 Å². The van der Waals surface area contributed by atoms with E-state index in [0.29, 0.717) is 30.5 Å². The lowest BCUT2D eigenvalue weighted by Crippen LogP contribution is -2.61. The molecule has 9 nitrogen and oxygen atoms in total. The van der Waals surface area contributed by atoms with Crippen LogP contribution in [-0.2, 0) is 5.54 Å². The lowest BCUT2D eigenvalue weighted by molar-refractivity contribution is 0.184. The Morgan fingerprint density at radius 2 is 2.22 bits per heavy atom. The maximum atomic E-state index is 13.2. The molecule has 4 rings (SSSR count). The Morgan fingerprint density at radius 3 is 2.93 bits per heavy atom. The third kappa shape index (κ3) is 3.35. The predicted molar refractivity (Wildman–Crippen MR) is 98.6 cm³/mol. The summed E-state index contributed by atoms with van der Waals surface area (Å²) in [5.41, 5.74) is 6.14. The molecule has 1 amide bonds. The number of nitrogen functional groups attached to an aromatic ring is 1. The molecule has 2 fully saturated rings. The van der Waals surface area contributed by atoms with Crippen molar-refractivity contribution in [1.82, 2.24) is 25.6 Å². The third-order valence-corrected chi connectivity index (χ3v) is 5.98. The molecule has 3 unspecified atom stereocenters.